The predicted octanol–water partition coefficient (Wildman–Crippen LogP) is 1.91. The van der Waals surface area contributed by atoms with E-state index in [1.807, 2.05) is 16.8 Å². The highest BCUT2D eigenvalue weighted by Gasteiger charge is 2.31. The molecule has 1 aromatic carbocycles. The lowest BCUT2D eigenvalue weighted by molar-refractivity contribution is 0.122. The van der Waals surface area contributed by atoms with Gasteiger partial charge >= 0.3 is 6.09 Å². The molecule has 2 fully saturated rings. The summed E-state index contributed by atoms with van der Waals surface area (Å²) in [5, 5.41) is 3.52. The topological polar surface area (TPSA) is 138 Å². The third kappa shape index (κ3) is 5.63. The van der Waals surface area contributed by atoms with E-state index >= 15 is 0 Å². The van der Waals surface area contributed by atoms with E-state index in [1.165, 1.54) is 17.2 Å². The van der Waals surface area contributed by atoms with Crippen LogP contribution in [0.1, 0.15) is 5.56 Å². The van der Waals surface area contributed by atoms with Crippen LogP contribution in [0.5, 0.6) is 0 Å². The summed E-state index contributed by atoms with van der Waals surface area (Å²) in [5.41, 5.74) is 7.44. The SMILES string of the molecule is CN1CCN(c2cc(F)c(NC(=O)ON3CCc4c(-c5cnc(N)nc5)nc(N5CCOCC5)nc43)c(F)c2)CC1. The molecule has 15 heteroatoms. The molecule has 0 atom stereocenters. The summed E-state index contributed by atoms with van der Waals surface area (Å²) in [6.07, 6.45) is 2.55. The molecule has 0 saturated carbocycles. The lowest BCUT2D eigenvalue weighted by Crippen LogP contribution is -2.44. The molecule has 0 aliphatic carbocycles. The Morgan fingerprint density at radius 3 is 2.34 bits per heavy atom. The maximum atomic E-state index is 15.0. The molecule has 0 spiro atoms. The number of carbonyl (C=O) groups excluding carboxylic acids is 1. The molecule has 5 heterocycles. The Labute approximate surface area is 234 Å². The summed E-state index contributed by atoms with van der Waals surface area (Å²) in [5.74, 6) is -0.854. The number of nitrogen functional groups attached to an aromatic ring is 1. The Kier molecular flexibility index (Phi) is 7.36. The number of benzene rings is 1. The number of aromatic nitrogens is 4. The van der Waals surface area contributed by atoms with Gasteiger partial charge < -0.3 is 30.0 Å². The van der Waals surface area contributed by atoms with Crippen molar-refractivity contribution in [1.82, 2.24) is 24.8 Å². The Morgan fingerprint density at radius 1 is 0.976 bits per heavy atom. The molecule has 1 amide bonds. The maximum Gasteiger partial charge on any atom is 0.436 e. The van der Waals surface area contributed by atoms with E-state index < -0.39 is 23.4 Å². The Hall–Kier alpha value is -4.37. The van der Waals surface area contributed by atoms with Crippen molar-refractivity contribution in [2.24, 2.45) is 0 Å². The average molecular weight is 569 g/mol. The normalized spacial score (nSPS) is 17.5. The van der Waals surface area contributed by atoms with Gasteiger partial charge in [-0.15, -0.1) is 0 Å². The molecule has 2 aromatic heterocycles. The molecule has 13 nitrogen and oxygen atoms in total. The lowest BCUT2D eigenvalue weighted by atomic mass is 10.1. The number of carbonyl (C=O) groups is 1. The minimum atomic E-state index is -1.05. The number of rotatable bonds is 5. The van der Waals surface area contributed by atoms with E-state index in [-0.39, 0.29) is 12.5 Å². The number of amides is 1. The average Bonchev–Trinajstić information content (AvgIpc) is 3.38. The van der Waals surface area contributed by atoms with Crippen LogP contribution in [0.25, 0.3) is 11.3 Å². The molecule has 0 radical (unpaired) electrons. The number of morpholine rings is 1. The maximum absolute atomic E-state index is 15.0. The molecular formula is C26H30F2N10O3. The molecule has 2 saturated heterocycles. The highest BCUT2D eigenvalue weighted by atomic mass is 19.1. The second-order valence-electron chi connectivity index (χ2n) is 10.0. The number of ether oxygens (including phenoxy) is 1. The van der Waals surface area contributed by atoms with Gasteiger partial charge in [0.15, 0.2) is 17.5 Å². The zero-order valence-corrected chi connectivity index (χ0v) is 22.5. The number of fused-ring (bicyclic) bond motifs is 1. The first-order valence-corrected chi connectivity index (χ1v) is 13.4. The van der Waals surface area contributed by atoms with Gasteiger partial charge in [-0.1, -0.05) is 0 Å². The number of anilines is 5. The minimum absolute atomic E-state index is 0.130. The highest BCUT2D eigenvalue weighted by Crippen LogP contribution is 2.36. The fraction of sp³-hybridized carbons (Fsp3) is 0.423. The predicted molar refractivity (Wildman–Crippen MR) is 148 cm³/mol. The van der Waals surface area contributed by atoms with Gasteiger partial charge in [0, 0.05) is 68.5 Å². The van der Waals surface area contributed by atoms with E-state index in [0.29, 0.717) is 74.5 Å². The van der Waals surface area contributed by atoms with Gasteiger partial charge in [0.25, 0.3) is 0 Å². The van der Waals surface area contributed by atoms with Crippen LogP contribution in [0.3, 0.4) is 0 Å². The van der Waals surface area contributed by atoms with Crippen molar-refractivity contribution >= 4 is 35.2 Å². The summed E-state index contributed by atoms with van der Waals surface area (Å²) in [6, 6.07) is 2.44. The van der Waals surface area contributed by atoms with E-state index in [2.05, 4.69) is 25.2 Å². The molecule has 3 aliphatic rings. The van der Waals surface area contributed by atoms with Crippen molar-refractivity contribution in [3.63, 3.8) is 0 Å². The fourth-order valence-corrected chi connectivity index (χ4v) is 5.06. The van der Waals surface area contributed by atoms with Crippen LogP contribution < -0.4 is 25.9 Å². The Morgan fingerprint density at radius 2 is 1.66 bits per heavy atom. The van der Waals surface area contributed by atoms with Crippen LogP contribution in [0.15, 0.2) is 24.5 Å². The number of piperazine rings is 1. The van der Waals surface area contributed by atoms with Gasteiger partial charge in [-0.2, -0.15) is 10.0 Å². The molecule has 3 N–H and O–H groups in total. The van der Waals surface area contributed by atoms with E-state index in [4.69, 9.17) is 20.3 Å². The highest BCUT2D eigenvalue weighted by molar-refractivity contribution is 5.86. The fourth-order valence-electron chi connectivity index (χ4n) is 5.06. The molecule has 6 rings (SSSR count). The molecule has 3 aromatic rings. The van der Waals surface area contributed by atoms with Gasteiger partial charge in [0.1, 0.15) is 5.69 Å². The summed E-state index contributed by atoms with van der Waals surface area (Å²) >= 11 is 0. The number of halogens is 2. The van der Waals surface area contributed by atoms with E-state index in [0.717, 1.165) is 18.7 Å². The van der Waals surface area contributed by atoms with Crippen molar-refractivity contribution in [2.45, 2.75) is 6.42 Å². The van der Waals surface area contributed by atoms with Crippen molar-refractivity contribution in [3.8, 4) is 11.3 Å². The van der Waals surface area contributed by atoms with E-state index in [1.54, 1.807) is 12.4 Å². The number of likely N-dealkylation sites (N-methyl/N-ethyl adjacent to an activating group) is 1. The van der Waals surface area contributed by atoms with Crippen LogP contribution >= 0.6 is 0 Å². The third-order valence-corrected chi connectivity index (χ3v) is 7.33. The van der Waals surface area contributed by atoms with Crippen molar-refractivity contribution in [3.05, 3.63) is 41.7 Å². The quantitative estimate of drug-likeness (QED) is 0.465. The summed E-state index contributed by atoms with van der Waals surface area (Å²) in [4.78, 5) is 42.0. The lowest BCUT2D eigenvalue weighted by Gasteiger charge is -2.34. The number of nitrogens with zero attached hydrogens (tertiary/aromatic N) is 8. The number of nitrogens with one attached hydrogen (secondary N) is 1. The molecule has 0 unspecified atom stereocenters. The minimum Gasteiger partial charge on any atom is -0.378 e. The van der Waals surface area contributed by atoms with E-state index in [9.17, 15) is 13.6 Å². The zero-order chi connectivity index (χ0) is 28.5. The zero-order valence-electron chi connectivity index (χ0n) is 22.5. The van der Waals surface area contributed by atoms with Gasteiger partial charge in [-0.25, -0.2) is 28.5 Å². The first-order chi connectivity index (χ1) is 19.9. The molecule has 3 aliphatic heterocycles. The first-order valence-electron chi connectivity index (χ1n) is 13.4. The standard InChI is InChI=1S/C26H30F2N10O3/c1-35-4-6-36(7-5-35)17-12-19(27)22(20(28)13-17)33-26(39)41-38-3-2-18-21(16-14-30-24(29)31-15-16)32-25(34-23(18)38)37-8-10-40-11-9-37/h12-15H,2-11H2,1H3,(H,33,39)(H2,29,30,31). The molecule has 216 valence electrons. The molecular weight excluding hydrogens is 538 g/mol. The van der Waals surface area contributed by atoms with Crippen LogP contribution in [-0.2, 0) is 16.0 Å². The third-order valence-electron chi connectivity index (χ3n) is 7.33. The number of hydrogen-bond donors (Lipinski definition) is 2. The van der Waals surface area contributed by atoms with Crippen LogP contribution in [-0.4, -0.2) is 97.0 Å². The van der Waals surface area contributed by atoms with Crippen LogP contribution in [0, 0.1) is 11.6 Å². The van der Waals surface area contributed by atoms with Crippen molar-refractivity contribution in [2.75, 3.05) is 92.0 Å². The largest absolute Gasteiger partial charge is 0.436 e. The smallest absolute Gasteiger partial charge is 0.378 e. The molecule has 0 bridgehead atoms. The Bertz CT molecular complexity index is 1410. The van der Waals surface area contributed by atoms with Crippen LogP contribution in [0.4, 0.5) is 42.7 Å². The first kappa shape index (κ1) is 26.8. The number of hydroxylamine groups is 1. The summed E-state index contributed by atoms with van der Waals surface area (Å²) in [6.45, 7) is 5.35. The molecule has 41 heavy (non-hydrogen) atoms. The summed E-state index contributed by atoms with van der Waals surface area (Å²) in [7, 11) is 2.00. The van der Waals surface area contributed by atoms with Gasteiger partial charge in [-0.3, -0.25) is 5.32 Å². The number of hydrogen-bond acceptors (Lipinski definition) is 12. The monoisotopic (exact) mass is 568 g/mol. The van der Waals surface area contributed by atoms with Gasteiger partial charge in [-0.05, 0) is 25.6 Å². The second-order valence-corrected chi connectivity index (χ2v) is 10.0. The summed E-state index contributed by atoms with van der Waals surface area (Å²) < 4.78 is 35.4. The van der Waals surface area contributed by atoms with Crippen molar-refractivity contribution < 1.29 is 23.1 Å². The van der Waals surface area contributed by atoms with Gasteiger partial charge in [0.2, 0.25) is 11.9 Å². The van der Waals surface area contributed by atoms with Crippen LogP contribution in [0.2, 0.25) is 0 Å². The van der Waals surface area contributed by atoms with Gasteiger partial charge in [0.05, 0.1) is 25.5 Å². The number of nitrogens with two attached hydrogens (primary N) is 1. The Balaban J connectivity index is 1.23. The van der Waals surface area contributed by atoms with Crippen molar-refractivity contribution in [1.29, 1.82) is 0 Å². The second kappa shape index (κ2) is 11.2.